The molecule has 1 aliphatic rings. The molecule has 6 nitrogen and oxygen atoms in total. The van der Waals surface area contributed by atoms with Crippen molar-refractivity contribution in [2.45, 2.75) is 24.3 Å². The third-order valence-corrected chi connectivity index (χ3v) is 3.00. The average Bonchev–Trinajstić information content (AvgIpc) is 2.49. The first kappa shape index (κ1) is 14.2. The van der Waals surface area contributed by atoms with Gasteiger partial charge in [-0.05, 0) is 0 Å². The van der Waals surface area contributed by atoms with Crippen molar-refractivity contribution in [3.63, 3.8) is 0 Å². The Kier molecular flexibility index (Phi) is 4.97. The van der Waals surface area contributed by atoms with E-state index in [0.717, 1.165) is 6.66 Å². The molecule has 0 aromatic heterocycles. The fourth-order valence-corrected chi connectivity index (χ4v) is 2.08. The van der Waals surface area contributed by atoms with Crippen LogP contribution in [-0.2, 0) is 23.3 Å². The van der Waals surface area contributed by atoms with E-state index in [-0.39, 0.29) is 6.61 Å². The van der Waals surface area contributed by atoms with E-state index < -0.39 is 31.9 Å². The second-order valence-corrected chi connectivity index (χ2v) is 5.50. The fourth-order valence-electron chi connectivity index (χ4n) is 1.66. The Morgan fingerprint density at radius 2 is 1.94 bits per heavy atom. The summed E-state index contributed by atoms with van der Waals surface area (Å²) in [6.45, 7) is 1.05. The standard InChI is InChI=1S/C8H16BO6P/c1-12-6-5(4-14-16(3,10)11)15-8(9)7(6)13-2/h5-8H,4H2,1-3H3,(H,10,11). The minimum atomic E-state index is -3.52. The van der Waals surface area contributed by atoms with Crippen molar-refractivity contribution >= 4 is 15.4 Å². The molecule has 8 heteroatoms. The Bertz CT molecular complexity index is 269. The van der Waals surface area contributed by atoms with Gasteiger partial charge in [-0.3, -0.25) is 4.57 Å². The first-order valence-corrected chi connectivity index (χ1v) is 6.83. The van der Waals surface area contributed by atoms with E-state index in [1.54, 1.807) is 0 Å². The molecule has 92 valence electrons. The third kappa shape index (κ3) is 3.55. The van der Waals surface area contributed by atoms with E-state index >= 15 is 0 Å². The second kappa shape index (κ2) is 5.62. The van der Waals surface area contributed by atoms with Crippen molar-refractivity contribution in [2.24, 2.45) is 0 Å². The second-order valence-electron chi connectivity index (χ2n) is 3.64. The topological polar surface area (TPSA) is 74.2 Å². The maximum absolute atomic E-state index is 11.0. The molecule has 5 atom stereocenters. The molecule has 0 bridgehead atoms. The zero-order valence-electron chi connectivity index (χ0n) is 9.53. The molecule has 0 aromatic carbocycles. The van der Waals surface area contributed by atoms with E-state index in [1.165, 1.54) is 14.2 Å². The van der Waals surface area contributed by atoms with Crippen molar-refractivity contribution in [2.75, 3.05) is 27.5 Å². The lowest BCUT2D eigenvalue weighted by Crippen LogP contribution is -2.37. The van der Waals surface area contributed by atoms with Crippen LogP contribution in [0.1, 0.15) is 0 Å². The summed E-state index contributed by atoms with van der Waals surface area (Å²) in [6, 6.07) is -0.626. The summed E-state index contributed by atoms with van der Waals surface area (Å²) in [6.07, 6.45) is -1.33. The van der Waals surface area contributed by atoms with Crippen molar-refractivity contribution in [3.8, 4) is 0 Å². The van der Waals surface area contributed by atoms with Gasteiger partial charge in [0.2, 0.25) is 0 Å². The summed E-state index contributed by atoms with van der Waals surface area (Å²) in [5.74, 6) is 0. The Labute approximate surface area is 96.2 Å². The Hall–Kier alpha value is 0.0949. The van der Waals surface area contributed by atoms with Gasteiger partial charge in [0.1, 0.15) is 26.2 Å². The summed E-state index contributed by atoms with van der Waals surface area (Å²) in [4.78, 5) is 9.00. The summed E-state index contributed by atoms with van der Waals surface area (Å²) in [5.41, 5.74) is 0. The van der Waals surface area contributed by atoms with Gasteiger partial charge in [-0.25, -0.2) is 0 Å². The minimum Gasteiger partial charge on any atom is -0.377 e. The molecule has 1 rings (SSSR count). The Morgan fingerprint density at radius 3 is 2.38 bits per heavy atom. The van der Waals surface area contributed by atoms with Crippen LogP contribution in [0.25, 0.3) is 0 Å². The van der Waals surface area contributed by atoms with Crippen LogP contribution < -0.4 is 0 Å². The number of rotatable bonds is 5. The Balaban J connectivity index is 2.57. The van der Waals surface area contributed by atoms with Gasteiger partial charge in [-0.15, -0.1) is 0 Å². The zero-order valence-corrected chi connectivity index (χ0v) is 10.4. The van der Waals surface area contributed by atoms with Gasteiger partial charge in [0.05, 0.1) is 6.61 Å². The molecule has 16 heavy (non-hydrogen) atoms. The highest BCUT2D eigenvalue weighted by atomic mass is 31.2. The lowest BCUT2D eigenvalue weighted by molar-refractivity contribution is -0.0370. The van der Waals surface area contributed by atoms with Gasteiger partial charge in [0.25, 0.3) is 0 Å². The van der Waals surface area contributed by atoms with Crippen molar-refractivity contribution < 1.29 is 28.2 Å². The third-order valence-electron chi connectivity index (χ3n) is 2.37. The number of methoxy groups -OCH3 is 2. The van der Waals surface area contributed by atoms with Crippen molar-refractivity contribution in [1.29, 1.82) is 0 Å². The number of hydrogen-bond donors (Lipinski definition) is 1. The molecule has 0 aliphatic carbocycles. The van der Waals surface area contributed by atoms with Crippen LogP contribution >= 0.6 is 7.60 Å². The summed E-state index contributed by atoms with van der Waals surface area (Å²) in [5, 5.41) is 0. The molecule has 5 unspecified atom stereocenters. The predicted molar refractivity (Wildman–Crippen MR) is 57.7 cm³/mol. The SMILES string of the molecule is [B]C1OC(COP(C)(=O)O)C(OC)C1OC. The zero-order chi connectivity index (χ0) is 12.3. The highest BCUT2D eigenvalue weighted by Gasteiger charge is 2.43. The predicted octanol–water partition coefficient (Wildman–Crippen LogP) is -0.258. The molecule has 1 N–H and O–H groups in total. The smallest absolute Gasteiger partial charge is 0.325 e. The number of hydrogen-bond acceptors (Lipinski definition) is 5. The van der Waals surface area contributed by atoms with Gasteiger partial charge in [0, 0.05) is 26.9 Å². The molecule has 1 fully saturated rings. The largest absolute Gasteiger partial charge is 0.377 e. The molecule has 0 aromatic rings. The van der Waals surface area contributed by atoms with E-state index in [2.05, 4.69) is 0 Å². The van der Waals surface area contributed by atoms with Crippen molar-refractivity contribution in [1.82, 2.24) is 0 Å². The molecule has 2 radical (unpaired) electrons. The van der Waals surface area contributed by atoms with E-state index in [4.69, 9.17) is 31.5 Å². The molecule has 0 amide bonds. The highest BCUT2D eigenvalue weighted by molar-refractivity contribution is 7.51. The van der Waals surface area contributed by atoms with Gasteiger partial charge in [-0.1, -0.05) is 0 Å². The van der Waals surface area contributed by atoms with Gasteiger partial charge < -0.3 is 23.6 Å². The maximum atomic E-state index is 11.0. The first-order chi connectivity index (χ1) is 7.39. The summed E-state index contributed by atoms with van der Waals surface area (Å²) >= 11 is 0. The van der Waals surface area contributed by atoms with Crippen molar-refractivity contribution in [3.05, 3.63) is 0 Å². The fraction of sp³-hybridized carbons (Fsp3) is 1.00. The van der Waals surface area contributed by atoms with Crippen LogP contribution in [0.4, 0.5) is 0 Å². The summed E-state index contributed by atoms with van der Waals surface area (Å²) < 4.78 is 31.4. The van der Waals surface area contributed by atoms with Crippen LogP contribution in [0, 0.1) is 0 Å². The number of ether oxygens (including phenoxy) is 3. The highest BCUT2D eigenvalue weighted by Crippen LogP contribution is 2.38. The molecule has 0 saturated carbocycles. The van der Waals surface area contributed by atoms with Crippen LogP contribution in [-0.4, -0.2) is 64.5 Å². The normalized spacial score (nSPS) is 38.5. The van der Waals surface area contributed by atoms with Crippen LogP contribution in [0.5, 0.6) is 0 Å². The molecule has 1 heterocycles. The molecule has 0 spiro atoms. The lowest BCUT2D eigenvalue weighted by Gasteiger charge is -2.21. The van der Waals surface area contributed by atoms with Crippen LogP contribution in [0.15, 0.2) is 0 Å². The van der Waals surface area contributed by atoms with Crippen LogP contribution in [0.2, 0.25) is 0 Å². The lowest BCUT2D eigenvalue weighted by atomic mass is 9.93. The van der Waals surface area contributed by atoms with E-state index in [0.29, 0.717) is 0 Å². The van der Waals surface area contributed by atoms with E-state index in [9.17, 15) is 4.57 Å². The monoisotopic (exact) mass is 250 g/mol. The Morgan fingerprint density at radius 1 is 1.38 bits per heavy atom. The van der Waals surface area contributed by atoms with Gasteiger partial charge in [-0.2, -0.15) is 0 Å². The molecule has 1 aliphatic heterocycles. The molecular weight excluding hydrogens is 234 g/mol. The van der Waals surface area contributed by atoms with E-state index in [1.807, 2.05) is 0 Å². The first-order valence-electron chi connectivity index (χ1n) is 4.80. The quantitative estimate of drug-likeness (QED) is 0.535. The van der Waals surface area contributed by atoms with Gasteiger partial charge in [0.15, 0.2) is 0 Å². The average molecular weight is 250 g/mol. The molecule has 1 saturated heterocycles. The van der Waals surface area contributed by atoms with Crippen LogP contribution in [0.3, 0.4) is 0 Å². The minimum absolute atomic E-state index is 0.0592. The molecular formula is C8H16BO6P. The summed E-state index contributed by atoms with van der Waals surface area (Å²) in [7, 11) is 5.15. The maximum Gasteiger partial charge on any atom is 0.325 e. The van der Waals surface area contributed by atoms with Gasteiger partial charge >= 0.3 is 7.60 Å².